The molecule has 0 N–H and O–H groups in total. The normalized spacial score (nSPS) is 25.8. The minimum Gasteiger partial charge on any atom is -0.444 e. The number of fused-ring (bicyclic) bond motifs is 2. The molecule has 47 heavy (non-hydrogen) atoms. The smallest absolute Gasteiger partial charge is 0.444 e. The summed E-state index contributed by atoms with van der Waals surface area (Å²) < 4.78 is 26.8. The highest BCUT2D eigenvalue weighted by Gasteiger charge is 2.53. The molecule has 6 rings (SSSR count). The number of benzene rings is 1. The number of amides is 2. The molecule has 4 aliphatic heterocycles. The van der Waals surface area contributed by atoms with E-state index >= 15 is 0 Å². The van der Waals surface area contributed by atoms with Crippen molar-refractivity contribution in [3.8, 4) is 0 Å². The third-order valence-electron chi connectivity index (χ3n) is 10.8. The highest BCUT2D eigenvalue weighted by Crippen LogP contribution is 2.39. The lowest BCUT2D eigenvalue weighted by Gasteiger charge is -2.39. The molecule has 2 aromatic rings. The van der Waals surface area contributed by atoms with Crippen molar-refractivity contribution in [2.24, 2.45) is 5.92 Å². The van der Waals surface area contributed by atoms with Crippen molar-refractivity contribution in [1.82, 2.24) is 19.6 Å². The van der Waals surface area contributed by atoms with Gasteiger partial charge in [-0.15, -0.1) is 0 Å². The zero-order valence-electron chi connectivity index (χ0n) is 29.3. The minimum atomic E-state index is -0.594. The summed E-state index contributed by atoms with van der Waals surface area (Å²) in [6.45, 7) is 16.6. The van der Waals surface area contributed by atoms with Crippen molar-refractivity contribution < 1.29 is 28.4 Å². The third kappa shape index (κ3) is 7.05. The highest BCUT2D eigenvalue weighted by atomic mass is 35.5. The van der Waals surface area contributed by atoms with Crippen LogP contribution < -0.4 is 5.46 Å². The second-order valence-corrected chi connectivity index (χ2v) is 16.2. The molecule has 10 nitrogen and oxygen atoms in total. The maximum atomic E-state index is 13.5. The molecule has 1 aromatic heterocycles. The summed E-state index contributed by atoms with van der Waals surface area (Å²) in [4.78, 5) is 30.1. The second kappa shape index (κ2) is 13.2. The van der Waals surface area contributed by atoms with E-state index in [1.807, 2.05) is 42.6 Å². The van der Waals surface area contributed by atoms with Crippen LogP contribution in [0.4, 0.5) is 4.79 Å². The minimum absolute atomic E-state index is 0.0558. The Bertz CT molecular complexity index is 1470. The number of hydrogen-bond donors (Lipinski definition) is 0. The molecule has 0 spiro atoms. The van der Waals surface area contributed by atoms with Crippen LogP contribution in [0.5, 0.6) is 0 Å². The SMILES string of the molecule is CC(C)(C)OC(=O)N1CC[C@H]2CCN(C(=O)CCCCc3c(Cl)cc4c(cnn4[C@H]4CCCCO4)c3B3OC(C)(C)C(C)(C)O3)[C@H]2C1. The van der Waals surface area contributed by atoms with Crippen molar-refractivity contribution in [2.75, 3.05) is 26.2 Å². The molecule has 5 heterocycles. The first-order chi connectivity index (χ1) is 22.1. The van der Waals surface area contributed by atoms with Gasteiger partial charge in [-0.2, -0.15) is 5.10 Å². The van der Waals surface area contributed by atoms with Crippen molar-refractivity contribution >= 4 is 47.1 Å². The quantitative estimate of drug-likeness (QED) is 0.254. The molecule has 4 aliphatic rings. The number of nitrogens with zero attached hydrogens (tertiary/aromatic N) is 4. The number of likely N-dealkylation sites (tertiary alicyclic amines) is 2. The van der Waals surface area contributed by atoms with Crippen LogP contribution in [0.25, 0.3) is 10.9 Å². The summed E-state index contributed by atoms with van der Waals surface area (Å²) in [6.07, 6.45) is 9.11. The fraction of sp³-hybridized carbons (Fsp3) is 0.743. The highest BCUT2D eigenvalue weighted by molar-refractivity contribution is 6.66. The summed E-state index contributed by atoms with van der Waals surface area (Å²) >= 11 is 7.09. The van der Waals surface area contributed by atoms with Gasteiger partial charge in [0.2, 0.25) is 5.91 Å². The van der Waals surface area contributed by atoms with Crippen molar-refractivity contribution in [1.29, 1.82) is 0 Å². The van der Waals surface area contributed by atoms with Gasteiger partial charge in [-0.25, -0.2) is 9.48 Å². The molecule has 2 amide bonds. The molecule has 3 atom stereocenters. The Morgan fingerprint density at radius 3 is 2.47 bits per heavy atom. The average molecular weight is 671 g/mol. The fourth-order valence-electron chi connectivity index (χ4n) is 7.52. The molecule has 4 fully saturated rings. The summed E-state index contributed by atoms with van der Waals surface area (Å²) in [5.41, 5.74) is 1.26. The third-order valence-corrected chi connectivity index (χ3v) is 11.2. The summed E-state index contributed by atoms with van der Waals surface area (Å²) in [5.74, 6) is 0.593. The number of ether oxygens (including phenoxy) is 2. The summed E-state index contributed by atoms with van der Waals surface area (Å²) in [5, 5.41) is 6.39. The first-order valence-electron chi connectivity index (χ1n) is 17.6. The van der Waals surface area contributed by atoms with Gasteiger partial charge in [-0.1, -0.05) is 11.6 Å². The Morgan fingerprint density at radius 2 is 1.79 bits per heavy atom. The number of halogens is 1. The summed E-state index contributed by atoms with van der Waals surface area (Å²) in [7, 11) is -0.594. The average Bonchev–Trinajstić information content (AvgIpc) is 3.67. The number of hydrogen-bond acceptors (Lipinski definition) is 7. The monoisotopic (exact) mass is 670 g/mol. The zero-order chi connectivity index (χ0) is 33.7. The Labute approximate surface area is 284 Å². The van der Waals surface area contributed by atoms with Crippen LogP contribution in [0, 0.1) is 5.92 Å². The topological polar surface area (TPSA) is 95.4 Å². The van der Waals surface area contributed by atoms with Crippen LogP contribution in [-0.2, 0) is 30.0 Å². The molecule has 0 radical (unpaired) electrons. The molecule has 0 aliphatic carbocycles. The van der Waals surface area contributed by atoms with Crippen molar-refractivity contribution in [2.45, 2.75) is 135 Å². The largest absolute Gasteiger partial charge is 0.495 e. The maximum Gasteiger partial charge on any atom is 0.495 e. The van der Waals surface area contributed by atoms with Crippen molar-refractivity contribution in [3.63, 3.8) is 0 Å². The molecule has 0 unspecified atom stereocenters. The van der Waals surface area contributed by atoms with E-state index in [4.69, 9.17) is 35.5 Å². The van der Waals surface area contributed by atoms with E-state index in [9.17, 15) is 9.59 Å². The van der Waals surface area contributed by atoms with Crippen LogP contribution in [-0.4, -0.2) is 87.8 Å². The predicted octanol–water partition coefficient (Wildman–Crippen LogP) is 6.26. The van der Waals surface area contributed by atoms with Gasteiger partial charge in [0.15, 0.2) is 6.23 Å². The Morgan fingerprint density at radius 1 is 1.06 bits per heavy atom. The van der Waals surface area contributed by atoms with Gasteiger partial charge in [0.1, 0.15) is 5.60 Å². The molecular formula is C35H52BClN4O6. The van der Waals surface area contributed by atoms with Gasteiger partial charge in [0.05, 0.1) is 29.0 Å². The van der Waals surface area contributed by atoms with Crippen LogP contribution >= 0.6 is 11.6 Å². The van der Waals surface area contributed by atoms with Crippen LogP contribution in [0.1, 0.15) is 112 Å². The first kappa shape index (κ1) is 34.5. The van der Waals surface area contributed by atoms with E-state index in [2.05, 4.69) is 27.7 Å². The Balaban J connectivity index is 1.15. The standard InChI is InChI=1S/C35H52BClN4O6/c1-33(2,3)45-32(43)39-17-15-23-16-18-40(28(23)22-39)29(42)13-9-8-12-24-26(37)20-27-25(21-38-41(27)30-14-10-11-19-44-30)31(24)36-46-34(4,5)35(6,7)47-36/h20-21,23,28,30H,8-19,22H2,1-7H3/t23-,28-,30+/m0/s1. The van der Waals surface area contributed by atoms with Gasteiger partial charge in [0, 0.05) is 43.1 Å². The molecular weight excluding hydrogens is 619 g/mol. The number of carbonyl (C=O) groups is 2. The maximum absolute atomic E-state index is 13.5. The van der Waals surface area contributed by atoms with E-state index < -0.39 is 23.9 Å². The Kier molecular flexibility index (Phi) is 9.68. The lowest BCUT2D eigenvalue weighted by atomic mass is 9.73. The Hall–Kier alpha value is -2.34. The molecule has 1 aromatic carbocycles. The lowest BCUT2D eigenvalue weighted by Crippen LogP contribution is -2.52. The molecule has 4 saturated heterocycles. The fourth-order valence-corrected chi connectivity index (χ4v) is 7.82. The van der Waals surface area contributed by atoms with E-state index in [1.165, 1.54) is 0 Å². The van der Waals surface area contributed by atoms with Gasteiger partial charge in [-0.05, 0) is 123 Å². The second-order valence-electron chi connectivity index (χ2n) is 15.8. The van der Waals surface area contributed by atoms with Crippen LogP contribution in [0.2, 0.25) is 5.02 Å². The zero-order valence-corrected chi connectivity index (χ0v) is 30.0. The number of carbonyl (C=O) groups excluding carboxylic acids is 2. The van der Waals surface area contributed by atoms with Gasteiger partial charge < -0.3 is 28.6 Å². The van der Waals surface area contributed by atoms with E-state index in [0.717, 1.165) is 80.0 Å². The number of unbranched alkanes of at least 4 members (excludes halogenated alkanes) is 1. The van der Waals surface area contributed by atoms with Crippen LogP contribution in [0.3, 0.4) is 0 Å². The van der Waals surface area contributed by atoms with Gasteiger partial charge >= 0.3 is 13.2 Å². The molecule has 0 bridgehead atoms. The number of aromatic nitrogens is 2. The lowest BCUT2D eigenvalue weighted by molar-refractivity contribution is -0.133. The molecule has 12 heteroatoms. The van der Waals surface area contributed by atoms with Crippen LogP contribution in [0.15, 0.2) is 12.3 Å². The van der Waals surface area contributed by atoms with Gasteiger partial charge in [0.25, 0.3) is 0 Å². The molecule has 258 valence electrons. The first-order valence-corrected chi connectivity index (χ1v) is 18.0. The van der Waals surface area contributed by atoms with Crippen molar-refractivity contribution in [3.05, 3.63) is 22.8 Å². The van der Waals surface area contributed by atoms with E-state index in [-0.39, 0.29) is 24.3 Å². The number of rotatable bonds is 7. The molecule has 0 saturated carbocycles. The summed E-state index contributed by atoms with van der Waals surface area (Å²) in [6, 6.07) is 2.06. The van der Waals surface area contributed by atoms with E-state index in [1.54, 1.807) is 4.90 Å². The van der Waals surface area contributed by atoms with E-state index in [0.29, 0.717) is 36.9 Å². The van der Waals surface area contributed by atoms with Gasteiger partial charge in [-0.3, -0.25) is 4.79 Å². The predicted molar refractivity (Wildman–Crippen MR) is 183 cm³/mol. The number of piperidine rings is 1.